The predicted molar refractivity (Wildman–Crippen MR) is 101 cm³/mol. The molecular formula is C20H18Cl3N. The molecule has 2 saturated carbocycles. The van der Waals surface area contributed by atoms with Crippen LogP contribution in [0.2, 0.25) is 15.1 Å². The third kappa shape index (κ3) is 2.21. The zero-order chi connectivity index (χ0) is 16.4. The van der Waals surface area contributed by atoms with Crippen molar-refractivity contribution < 1.29 is 0 Å². The van der Waals surface area contributed by atoms with Crippen LogP contribution in [-0.2, 0) is 0 Å². The second-order valence-corrected chi connectivity index (χ2v) is 8.71. The van der Waals surface area contributed by atoms with Crippen LogP contribution >= 0.6 is 34.8 Å². The summed E-state index contributed by atoms with van der Waals surface area (Å²) >= 11 is 18.7. The molecule has 0 aromatic heterocycles. The third-order valence-corrected chi connectivity index (χ3v) is 7.33. The number of rotatable bonds is 1. The quantitative estimate of drug-likeness (QED) is 0.566. The van der Waals surface area contributed by atoms with Gasteiger partial charge in [0.1, 0.15) is 0 Å². The average molecular weight is 379 g/mol. The lowest BCUT2D eigenvalue weighted by Crippen LogP contribution is -2.35. The molecular weight excluding hydrogens is 361 g/mol. The van der Waals surface area contributed by atoms with Crippen LogP contribution in [0.4, 0.5) is 5.69 Å². The molecule has 1 heterocycles. The van der Waals surface area contributed by atoms with Crippen LogP contribution < -0.4 is 5.32 Å². The topological polar surface area (TPSA) is 12.0 Å². The lowest BCUT2D eigenvalue weighted by atomic mass is 9.68. The summed E-state index contributed by atoms with van der Waals surface area (Å²) in [5.74, 6) is 2.81. The van der Waals surface area contributed by atoms with Crippen LogP contribution in [0.15, 0.2) is 36.4 Å². The number of nitrogens with one attached hydrogen (secondary N) is 1. The molecule has 1 aliphatic heterocycles. The van der Waals surface area contributed by atoms with E-state index in [1.54, 1.807) is 0 Å². The van der Waals surface area contributed by atoms with Crippen molar-refractivity contribution in [3.8, 4) is 0 Å². The van der Waals surface area contributed by atoms with Gasteiger partial charge in [-0.25, -0.2) is 0 Å². The minimum absolute atomic E-state index is 0.300. The van der Waals surface area contributed by atoms with E-state index >= 15 is 0 Å². The Balaban J connectivity index is 1.64. The molecule has 1 nitrogen and oxygen atoms in total. The van der Waals surface area contributed by atoms with Gasteiger partial charge in [-0.05, 0) is 84.4 Å². The number of halogens is 3. The lowest BCUT2D eigenvalue weighted by molar-refractivity contribution is 0.247. The van der Waals surface area contributed by atoms with Gasteiger partial charge in [0.25, 0.3) is 0 Å². The summed E-state index contributed by atoms with van der Waals surface area (Å²) < 4.78 is 0. The highest BCUT2D eigenvalue weighted by atomic mass is 35.5. The Bertz CT molecular complexity index is 819. The molecule has 2 aromatic rings. The molecule has 3 aliphatic rings. The van der Waals surface area contributed by atoms with Gasteiger partial charge in [0.05, 0.1) is 16.1 Å². The smallest absolute Gasteiger partial charge is 0.0595 e. The molecule has 0 unspecified atom stereocenters. The fourth-order valence-electron chi connectivity index (χ4n) is 5.49. The number of hydrogen-bond acceptors (Lipinski definition) is 1. The van der Waals surface area contributed by atoms with Crippen molar-refractivity contribution in [2.75, 3.05) is 5.32 Å². The molecule has 2 aromatic carbocycles. The van der Waals surface area contributed by atoms with Gasteiger partial charge in [-0.1, -0.05) is 40.9 Å². The summed E-state index contributed by atoms with van der Waals surface area (Å²) in [6.45, 7) is 0. The monoisotopic (exact) mass is 377 g/mol. The fourth-order valence-corrected chi connectivity index (χ4v) is 5.98. The van der Waals surface area contributed by atoms with E-state index in [0.29, 0.717) is 27.9 Å². The first kappa shape index (κ1) is 15.4. The van der Waals surface area contributed by atoms with Gasteiger partial charge >= 0.3 is 0 Å². The highest BCUT2D eigenvalue weighted by Gasteiger charge is 2.53. The summed E-state index contributed by atoms with van der Waals surface area (Å²) in [6.07, 6.45) is 4.05. The van der Waals surface area contributed by atoms with Gasteiger partial charge in [-0.2, -0.15) is 0 Å². The van der Waals surface area contributed by atoms with Crippen molar-refractivity contribution >= 4 is 40.5 Å². The molecule has 0 saturated heterocycles. The van der Waals surface area contributed by atoms with E-state index in [1.807, 2.05) is 18.2 Å². The number of hydrogen-bond donors (Lipinski definition) is 1. The van der Waals surface area contributed by atoms with Gasteiger partial charge in [-0.3, -0.25) is 0 Å². The molecule has 0 spiro atoms. The maximum absolute atomic E-state index is 6.30. The number of anilines is 1. The first-order valence-electron chi connectivity index (χ1n) is 8.63. The summed E-state index contributed by atoms with van der Waals surface area (Å²) in [5.41, 5.74) is 3.88. The predicted octanol–water partition coefficient (Wildman–Crippen LogP) is 6.94. The first-order valence-corrected chi connectivity index (χ1v) is 9.76. The molecule has 5 atom stereocenters. The molecule has 2 bridgehead atoms. The Morgan fingerprint density at radius 3 is 2.54 bits per heavy atom. The van der Waals surface area contributed by atoms with Crippen LogP contribution in [0.1, 0.15) is 42.3 Å². The fraction of sp³-hybridized carbons (Fsp3) is 0.400. The SMILES string of the molecule is Clc1ccc2c(c1)[C@H]1[C@@H]3CC[C@@H](C3)[C@H]1[C@H](c1ccc(Cl)c(Cl)c1)N2. The van der Waals surface area contributed by atoms with E-state index in [1.165, 1.54) is 36.1 Å². The Hall–Kier alpha value is -0.890. The van der Waals surface area contributed by atoms with Crippen molar-refractivity contribution in [2.24, 2.45) is 17.8 Å². The van der Waals surface area contributed by atoms with Crippen molar-refractivity contribution in [1.29, 1.82) is 0 Å². The zero-order valence-corrected chi connectivity index (χ0v) is 15.4. The summed E-state index contributed by atoms with van der Waals surface area (Å²) in [6, 6.07) is 12.7. The normalized spacial score (nSPS) is 33.0. The Morgan fingerprint density at radius 1 is 0.875 bits per heavy atom. The second kappa shape index (κ2) is 5.56. The van der Waals surface area contributed by atoms with Gasteiger partial charge in [0, 0.05) is 10.7 Å². The van der Waals surface area contributed by atoms with Crippen molar-refractivity contribution in [2.45, 2.75) is 31.2 Å². The minimum atomic E-state index is 0.300. The van der Waals surface area contributed by atoms with Gasteiger partial charge in [0.15, 0.2) is 0 Å². The second-order valence-electron chi connectivity index (χ2n) is 7.46. The number of fused-ring (bicyclic) bond motifs is 7. The average Bonchev–Trinajstić information content (AvgIpc) is 3.19. The minimum Gasteiger partial charge on any atom is -0.378 e. The maximum Gasteiger partial charge on any atom is 0.0595 e. The summed E-state index contributed by atoms with van der Waals surface area (Å²) in [4.78, 5) is 0. The highest BCUT2D eigenvalue weighted by Crippen LogP contribution is 2.63. The van der Waals surface area contributed by atoms with Crippen molar-refractivity contribution in [1.82, 2.24) is 0 Å². The van der Waals surface area contributed by atoms with E-state index in [0.717, 1.165) is 16.9 Å². The largest absolute Gasteiger partial charge is 0.378 e. The van der Waals surface area contributed by atoms with Crippen LogP contribution in [0, 0.1) is 17.8 Å². The van der Waals surface area contributed by atoms with Crippen LogP contribution in [0.25, 0.3) is 0 Å². The van der Waals surface area contributed by atoms with E-state index in [4.69, 9.17) is 34.8 Å². The van der Waals surface area contributed by atoms with Crippen LogP contribution in [-0.4, -0.2) is 0 Å². The van der Waals surface area contributed by atoms with Gasteiger partial charge < -0.3 is 5.32 Å². The molecule has 5 rings (SSSR count). The molecule has 0 radical (unpaired) electrons. The van der Waals surface area contributed by atoms with Crippen molar-refractivity contribution in [3.05, 3.63) is 62.6 Å². The molecule has 2 aliphatic carbocycles. The summed E-state index contributed by atoms with van der Waals surface area (Å²) in [5, 5.41) is 5.88. The summed E-state index contributed by atoms with van der Waals surface area (Å²) in [7, 11) is 0. The molecule has 124 valence electrons. The van der Waals surface area contributed by atoms with Crippen LogP contribution in [0.3, 0.4) is 0 Å². The first-order chi connectivity index (χ1) is 11.6. The Labute approximate surface area is 157 Å². The standard InChI is InChI=1S/C20H18Cl3N/c21-13-4-6-17-14(9-13)18-10-1-2-11(7-10)19(18)20(24-17)12-3-5-15(22)16(23)8-12/h3-6,8-11,18-20,24H,1-2,7H2/t10-,11+,18-,19-,20+/m1/s1. The Kier molecular flexibility index (Phi) is 3.56. The van der Waals surface area contributed by atoms with Gasteiger partial charge in [-0.15, -0.1) is 0 Å². The Morgan fingerprint density at radius 2 is 1.71 bits per heavy atom. The molecule has 4 heteroatoms. The van der Waals surface area contributed by atoms with E-state index in [2.05, 4.69) is 23.5 Å². The molecule has 2 fully saturated rings. The zero-order valence-electron chi connectivity index (χ0n) is 13.1. The highest BCUT2D eigenvalue weighted by molar-refractivity contribution is 6.42. The number of benzene rings is 2. The third-order valence-electron chi connectivity index (χ3n) is 6.35. The van der Waals surface area contributed by atoms with Gasteiger partial charge in [0.2, 0.25) is 0 Å². The maximum atomic E-state index is 6.30. The molecule has 0 amide bonds. The van der Waals surface area contributed by atoms with Crippen LogP contribution in [0.5, 0.6) is 0 Å². The molecule has 1 N–H and O–H groups in total. The van der Waals surface area contributed by atoms with E-state index < -0.39 is 0 Å². The van der Waals surface area contributed by atoms with E-state index in [9.17, 15) is 0 Å². The van der Waals surface area contributed by atoms with Crippen molar-refractivity contribution in [3.63, 3.8) is 0 Å². The van der Waals surface area contributed by atoms with E-state index in [-0.39, 0.29) is 0 Å². The lowest BCUT2D eigenvalue weighted by Gasteiger charge is -2.43. The molecule has 24 heavy (non-hydrogen) atoms.